The van der Waals surface area contributed by atoms with E-state index in [9.17, 15) is 55.5 Å². The maximum absolute atomic E-state index is 12.8. The van der Waals surface area contributed by atoms with Crippen LogP contribution in [0.4, 0.5) is 0 Å². The highest BCUT2D eigenvalue weighted by atomic mass is 16.7. The highest BCUT2D eigenvalue weighted by Gasteiger charge is 2.46. The first kappa shape index (κ1) is 31.0. The molecule has 0 bridgehead atoms. The zero-order valence-corrected chi connectivity index (χ0v) is 22.8. The number of fused-ring (bicyclic) bond motifs is 1. The second-order valence-corrected chi connectivity index (χ2v) is 9.97. The molecule has 1 saturated heterocycles. The Kier molecular flexibility index (Phi) is 8.43. The smallest absolute Gasteiger partial charge is 0.330 e. The number of carbonyl (C=O) groups is 1. The zero-order chi connectivity index (χ0) is 32.6. The van der Waals surface area contributed by atoms with Crippen LogP contribution in [0.25, 0.3) is 28.4 Å². The summed E-state index contributed by atoms with van der Waals surface area (Å²) in [6, 6.07) is 9.41. The molecule has 3 aromatic carbocycles. The third-order valence-corrected chi connectivity index (χ3v) is 6.90. The van der Waals surface area contributed by atoms with Crippen molar-refractivity contribution in [1.82, 2.24) is 0 Å². The number of benzene rings is 3. The molecule has 1 fully saturated rings. The molecule has 1 aliphatic rings. The minimum absolute atomic E-state index is 0.0931. The fourth-order valence-electron chi connectivity index (χ4n) is 4.48. The van der Waals surface area contributed by atoms with E-state index >= 15 is 0 Å². The Morgan fingerprint density at radius 2 is 1.49 bits per heavy atom. The average Bonchev–Trinajstić information content (AvgIpc) is 3.00. The second-order valence-electron chi connectivity index (χ2n) is 9.97. The molecular weight excluding hydrogens is 600 g/mol. The van der Waals surface area contributed by atoms with Crippen molar-refractivity contribution in [3.63, 3.8) is 0 Å². The van der Waals surface area contributed by atoms with E-state index in [0.29, 0.717) is 5.56 Å². The molecule has 15 nitrogen and oxygen atoms in total. The highest BCUT2D eigenvalue weighted by molar-refractivity contribution is 5.89. The van der Waals surface area contributed by atoms with Gasteiger partial charge in [-0.25, -0.2) is 4.79 Å². The van der Waals surface area contributed by atoms with Crippen LogP contribution in [0.5, 0.6) is 40.2 Å². The van der Waals surface area contributed by atoms with Crippen LogP contribution >= 0.6 is 0 Å². The number of phenolic OH excluding ortho intramolecular Hbond substituents is 6. The van der Waals surface area contributed by atoms with Crippen LogP contribution in [-0.4, -0.2) is 89.2 Å². The number of rotatable bonds is 7. The Morgan fingerprint density at radius 1 is 0.800 bits per heavy atom. The van der Waals surface area contributed by atoms with E-state index in [1.54, 1.807) is 0 Å². The summed E-state index contributed by atoms with van der Waals surface area (Å²) in [6.45, 7) is -0.637. The lowest BCUT2D eigenvalue weighted by atomic mass is 9.99. The van der Waals surface area contributed by atoms with E-state index in [-0.39, 0.29) is 22.7 Å². The lowest BCUT2D eigenvalue weighted by molar-refractivity contribution is -0.278. The molecule has 236 valence electrons. The van der Waals surface area contributed by atoms with Crippen LogP contribution in [0.1, 0.15) is 5.56 Å². The Hall–Kier alpha value is -5.48. The van der Waals surface area contributed by atoms with Crippen molar-refractivity contribution in [1.29, 1.82) is 0 Å². The van der Waals surface area contributed by atoms with Gasteiger partial charge in [0.15, 0.2) is 39.9 Å². The number of phenols is 6. The van der Waals surface area contributed by atoms with Gasteiger partial charge in [-0.15, -0.1) is 0 Å². The van der Waals surface area contributed by atoms with Crippen molar-refractivity contribution in [2.45, 2.75) is 30.7 Å². The summed E-state index contributed by atoms with van der Waals surface area (Å²) in [7, 11) is 0. The number of ether oxygens (including phenoxy) is 3. The quantitative estimate of drug-likeness (QED) is 0.0791. The molecule has 0 radical (unpaired) electrons. The number of hydrogen-bond donors (Lipinski definition) is 9. The summed E-state index contributed by atoms with van der Waals surface area (Å²) in [4.78, 5) is 25.0. The van der Waals surface area contributed by atoms with Crippen molar-refractivity contribution >= 4 is 23.0 Å². The fourth-order valence-corrected chi connectivity index (χ4v) is 4.48. The maximum atomic E-state index is 12.8. The Balaban J connectivity index is 1.35. The molecule has 0 saturated carbocycles. The molecule has 45 heavy (non-hydrogen) atoms. The number of hydrogen-bond acceptors (Lipinski definition) is 15. The minimum atomic E-state index is -1.91. The van der Waals surface area contributed by atoms with Crippen molar-refractivity contribution in [3.05, 3.63) is 70.4 Å². The molecule has 5 rings (SSSR count). The van der Waals surface area contributed by atoms with Gasteiger partial charge in [0.1, 0.15) is 47.8 Å². The first-order chi connectivity index (χ1) is 21.3. The van der Waals surface area contributed by atoms with Crippen molar-refractivity contribution in [2.24, 2.45) is 0 Å². The van der Waals surface area contributed by atoms with E-state index in [1.807, 2.05) is 0 Å². The fraction of sp³-hybridized carbons (Fsp3) is 0.200. The second kappa shape index (κ2) is 12.3. The number of aromatic hydroxyl groups is 6. The molecular formula is C30H26O15. The monoisotopic (exact) mass is 626 g/mol. The predicted octanol–water partition coefficient (Wildman–Crippen LogP) is 1.14. The Labute approximate surface area is 251 Å². The molecule has 1 aliphatic heterocycles. The first-order valence-corrected chi connectivity index (χ1v) is 13.1. The van der Waals surface area contributed by atoms with Gasteiger partial charge in [-0.3, -0.25) is 4.79 Å². The van der Waals surface area contributed by atoms with Gasteiger partial charge in [0.2, 0.25) is 12.0 Å². The van der Waals surface area contributed by atoms with Gasteiger partial charge in [0, 0.05) is 23.8 Å². The lowest BCUT2D eigenvalue weighted by Gasteiger charge is -2.39. The van der Waals surface area contributed by atoms with Gasteiger partial charge in [-0.2, -0.15) is 0 Å². The molecule has 9 N–H and O–H groups in total. The van der Waals surface area contributed by atoms with Gasteiger partial charge < -0.3 is 64.6 Å². The van der Waals surface area contributed by atoms with Crippen LogP contribution in [0.15, 0.2) is 63.8 Å². The van der Waals surface area contributed by atoms with Crippen LogP contribution in [0.2, 0.25) is 0 Å². The molecule has 0 amide bonds. The summed E-state index contributed by atoms with van der Waals surface area (Å²) >= 11 is 0. The average molecular weight is 627 g/mol. The lowest BCUT2D eigenvalue weighted by Crippen LogP contribution is -2.60. The summed E-state index contributed by atoms with van der Waals surface area (Å²) in [6.07, 6.45) is -6.56. The molecule has 5 atom stereocenters. The van der Waals surface area contributed by atoms with Gasteiger partial charge in [0.05, 0.1) is 0 Å². The van der Waals surface area contributed by atoms with Crippen LogP contribution in [0.3, 0.4) is 0 Å². The third kappa shape index (κ3) is 6.27. The summed E-state index contributed by atoms with van der Waals surface area (Å²) in [5.41, 5.74) is -0.564. The van der Waals surface area contributed by atoms with E-state index in [4.69, 9.17) is 18.6 Å². The largest absolute Gasteiger partial charge is 0.504 e. The molecule has 4 aromatic rings. The standard InChI is InChI=1S/C30H26O15/c31-14-4-1-12(7-16(14)33)2-6-23(36)42-11-22-26(38)28(40)29(41)30(45-22)44-21-10-20-24(27(39)25(21)37)18(35)9-19(43-20)13-3-5-15(32)17(34)8-13/h1-10,22,26,28-34,37-41H,11H2/t22-,26-,28+,29-,30-/m0/s1. The summed E-state index contributed by atoms with van der Waals surface area (Å²) < 4.78 is 21.7. The molecule has 15 heteroatoms. The number of esters is 1. The molecule has 0 unspecified atom stereocenters. The maximum Gasteiger partial charge on any atom is 0.330 e. The first-order valence-electron chi connectivity index (χ1n) is 13.1. The van der Waals surface area contributed by atoms with Gasteiger partial charge in [-0.05, 0) is 42.0 Å². The topological polar surface area (TPSA) is 257 Å². The van der Waals surface area contributed by atoms with Crippen molar-refractivity contribution in [3.8, 4) is 51.6 Å². The molecule has 0 spiro atoms. The minimum Gasteiger partial charge on any atom is -0.504 e. The number of carbonyl (C=O) groups excluding carboxylic acids is 1. The van der Waals surface area contributed by atoms with Gasteiger partial charge >= 0.3 is 5.97 Å². The Morgan fingerprint density at radius 3 is 2.18 bits per heavy atom. The SMILES string of the molecule is O=C(C=Cc1ccc(O)c(O)c1)OC[C@@H]1O[C@H](Oc2cc3oc(-c4ccc(O)c(O)c4)cc(=O)c3c(O)c2O)[C@@H](O)[C@H](O)[C@H]1O. The molecule has 0 aliphatic carbocycles. The van der Waals surface area contributed by atoms with Crippen molar-refractivity contribution < 1.29 is 69.4 Å². The van der Waals surface area contributed by atoms with E-state index in [1.165, 1.54) is 30.3 Å². The van der Waals surface area contributed by atoms with Crippen LogP contribution in [0, 0.1) is 0 Å². The summed E-state index contributed by atoms with van der Waals surface area (Å²) in [5, 5.41) is 90.3. The van der Waals surface area contributed by atoms with Crippen molar-refractivity contribution in [2.75, 3.05) is 6.61 Å². The van der Waals surface area contributed by atoms with Crippen LogP contribution < -0.4 is 10.2 Å². The van der Waals surface area contributed by atoms with E-state index in [2.05, 4.69) is 0 Å². The normalized spacial score (nSPS) is 21.6. The number of aliphatic hydroxyl groups is 3. The predicted molar refractivity (Wildman–Crippen MR) is 152 cm³/mol. The van der Waals surface area contributed by atoms with E-state index < -0.39 is 88.6 Å². The van der Waals surface area contributed by atoms with Crippen LogP contribution in [-0.2, 0) is 14.3 Å². The molecule has 1 aromatic heterocycles. The zero-order valence-electron chi connectivity index (χ0n) is 22.8. The summed E-state index contributed by atoms with van der Waals surface area (Å²) in [5.74, 6) is -5.15. The number of aliphatic hydroxyl groups excluding tert-OH is 3. The van der Waals surface area contributed by atoms with Gasteiger partial charge in [-0.1, -0.05) is 6.07 Å². The highest BCUT2D eigenvalue weighted by Crippen LogP contribution is 2.43. The van der Waals surface area contributed by atoms with Gasteiger partial charge in [0.25, 0.3) is 0 Å². The van der Waals surface area contributed by atoms with E-state index in [0.717, 1.165) is 30.3 Å². The molecule has 2 heterocycles. The third-order valence-electron chi connectivity index (χ3n) is 6.90. The Bertz CT molecular complexity index is 1850.